The summed E-state index contributed by atoms with van der Waals surface area (Å²) in [7, 11) is 0. The summed E-state index contributed by atoms with van der Waals surface area (Å²) in [5, 5.41) is 3.48. The quantitative estimate of drug-likeness (QED) is 0.800. The fraction of sp³-hybridized carbons (Fsp3) is 0.417. The number of aromatic nitrogens is 1. The van der Waals surface area contributed by atoms with Crippen LogP contribution in [0.25, 0.3) is 0 Å². The Morgan fingerprint density at radius 2 is 2.40 bits per heavy atom. The van der Waals surface area contributed by atoms with Gasteiger partial charge in [0.1, 0.15) is 0 Å². The monoisotopic (exact) mass is 268 g/mol. The highest BCUT2D eigenvalue weighted by atomic mass is 79.9. The average Bonchev–Trinajstić information content (AvgIpc) is 2.24. The molecule has 15 heavy (non-hydrogen) atoms. The minimum absolute atomic E-state index is 0.326. The standard InChI is InChI=1S/C12H17BrN2/c1-3-5-12(15-6-4-2)10-7-11(13)9-14-8-10/h3,7-9,12,15H,1,4-6H2,2H3. The van der Waals surface area contributed by atoms with Crippen LogP contribution >= 0.6 is 15.9 Å². The summed E-state index contributed by atoms with van der Waals surface area (Å²) in [5.41, 5.74) is 1.21. The van der Waals surface area contributed by atoms with Crippen LogP contribution in [-0.4, -0.2) is 11.5 Å². The van der Waals surface area contributed by atoms with E-state index in [-0.39, 0.29) is 0 Å². The van der Waals surface area contributed by atoms with E-state index in [1.807, 2.05) is 12.3 Å². The van der Waals surface area contributed by atoms with Gasteiger partial charge in [0, 0.05) is 22.9 Å². The second kappa shape index (κ2) is 6.75. The van der Waals surface area contributed by atoms with Crippen molar-refractivity contribution in [3.8, 4) is 0 Å². The van der Waals surface area contributed by atoms with Gasteiger partial charge in [-0.05, 0) is 46.9 Å². The zero-order chi connectivity index (χ0) is 11.1. The van der Waals surface area contributed by atoms with Crippen LogP contribution < -0.4 is 5.32 Å². The smallest absolute Gasteiger partial charge is 0.0410 e. The van der Waals surface area contributed by atoms with Crippen molar-refractivity contribution in [1.82, 2.24) is 10.3 Å². The summed E-state index contributed by atoms with van der Waals surface area (Å²) in [6.07, 6.45) is 7.71. The van der Waals surface area contributed by atoms with Crippen molar-refractivity contribution in [1.29, 1.82) is 0 Å². The Morgan fingerprint density at radius 1 is 1.60 bits per heavy atom. The molecule has 0 saturated carbocycles. The Labute approximate surface area is 99.9 Å². The van der Waals surface area contributed by atoms with Crippen molar-refractivity contribution >= 4 is 15.9 Å². The Morgan fingerprint density at radius 3 is 3.00 bits per heavy atom. The summed E-state index contributed by atoms with van der Waals surface area (Å²) in [6.45, 7) is 6.97. The first-order chi connectivity index (χ1) is 7.27. The first kappa shape index (κ1) is 12.4. The van der Waals surface area contributed by atoms with Gasteiger partial charge < -0.3 is 5.32 Å². The summed E-state index contributed by atoms with van der Waals surface area (Å²) >= 11 is 3.43. The summed E-state index contributed by atoms with van der Waals surface area (Å²) in [5.74, 6) is 0. The van der Waals surface area contributed by atoms with E-state index >= 15 is 0 Å². The Balaban J connectivity index is 2.73. The second-order valence-corrected chi connectivity index (χ2v) is 4.38. The molecule has 0 fully saturated rings. The lowest BCUT2D eigenvalue weighted by Gasteiger charge is -2.16. The minimum Gasteiger partial charge on any atom is -0.310 e. The molecule has 1 aromatic rings. The van der Waals surface area contributed by atoms with Gasteiger partial charge in [-0.25, -0.2) is 0 Å². The molecule has 1 aromatic heterocycles. The maximum absolute atomic E-state index is 4.17. The Hall–Kier alpha value is -0.670. The van der Waals surface area contributed by atoms with E-state index in [2.05, 4.69) is 45.8 Å². The Bertz CT molecular complexity index is 312. The van der Waals surface area contributed by atoms with Gasteiger partial charge >= 0.3 is 0 Å². The second-order valence-electron chi connectivity index (χ2n) is 3.47. The van der Waals surface area contributed by atoms with Crippen molar-refractivity contribution < 1.29 is 0 Å². The molecule has 0 spiro atoms. The molecule has 3 heteroatoms. The highest BCUT2D eigenvalue weighted by molar-refractivity contribution is 9.10. The van der Waals surface area contributed by atoms with E-state index in [0.717, 1.165) is 23.9 Å². The molecule has 0 bridgehead atoms. The molecule has 1 unspecified atom stereocenters. The maximum atomic E-state index is 4.17. The molecule has 0 amide bonds. The van der Waals surface area contributed by atoms with Crippen LogP contribution in [0.1, 0.15) is 31.4 Å². The van der Waals surface area contributed by atoms with Gasteiger partial charge in [0.15, 0.2) is 0 Å². The third-order valence-corrected chi connectivity index (χ3v) is 2.61. The average molecular weight is 269 g/mol. The lowest BCUT2D eigenvalue weighted by molar-refractivity contribution is 0.535. The fourth-order valence-electron chi connectivity index (χ4n) is 1.44. The number of nitrogens with one attached hydrogen (secondary N) is 1. The van der Waals surface area contributed by atoms with E-state index < -0.39 is 0 Å². The molecule has 1 atom stereocenters. The van der Waals surface area contributed by atoms with Gasteiger partial charge in [-0.15, -0.1) is 6.58 Å². The third-order valence-electron chi connectivity index (χ3n) is 2.17. The SMILES string of the molecule is C=CCC(NCCC)c1cncc(Br)c1. The molecule has 0 aliphatic carbocycles. The van der Waals surface area contributed by atoms with Crippen molar-refractivity contribution in [2.24, 2.45) is 0 Å². The highest BCUT2D eigenvalue weighted by Gasteiger charge is 2.08. The van der Waals surface area contributed by atoms with Crippen molar-refractivity contribution in [3.05, 3.63) is 41.2 Å². The predicted octanol–water partition coefficient (Wildman–Crippen LogP) is 3.46. The molecule has 0 aliphatic heterocycles. The lowest BCUT2D eigenvalue weighted by atomic mass is 10.1. The molecule has 1 N–H and O–H groups in total. The zero-order valence-corrected chi connectivity index (χ0v) is 10.6. The number of hydrogen-bond donors (Lipinski definition) is 1. The predicted molar refractivity (Wildman–Crippen MR) is 67.8 cm³/mol. The number of hydrogen-bond acceptors (Lipinski definition) is 2. The summed E-state index contributed by atoms with van der Waals surface area (Å²) < 4.78 is 1.02. The fourth-order valence-corrected chi connectivity index (χ4v) is 1.82. The number of nitrogens with zero attached hydrogens (tertiary/aromatic N) is 1. The number of rotatable bonds is 6. The van der Waals surface area contributed by atoms with Gasteiger partial charge in [-0.3, -0.25) is 4.98 Å². The number of halogens is 1. The van der Waals surface area contributed by atoms with Crippen LogP contribution in [-0.2, 0) is 0 Å². The van der Waals surface area contributed by atoms with Crippen LogP contribution in [0, 0.1) is 0 Å². The van der Waals surface area contributed by atoms with Crippen LogP contribution in [0.15, 0.2) is 35.6 Å². The third kappa shape index (κ3) is 4.14. The van der Waals surface area contributed by atoms with Crippen LogP contribution in [0.4, 0.5) is 0 Å². The maximum Gasteiger partial charge on any atom is 0.0410 e. The van der Waals surface area contributed by atoms with Gasteiger partial charge in [-0.1, -0.05) is 13.0 Å². The van der Waals surface area contributed by atoms with E-state index in [0.29, 0.717) is 6.04 Å². The highest BCUT2D eigenvalue weighted by Crippen LogP contribution is 2.19. The van der Waals surface area contributed by atoms with E-state index in [1.54, 1.807) is 6.20 Å². The van der Waals surface area contributed by atoms with Crippen molar-refractivity contribution in [2.45, 2.75) is 25.8 Å². The van der Waals surface area contributed by atoms with Crippen LogP contribution in [0.3, 0.4) is 0 Å². The first-order valence-corrected chi connectivity index (χ1v) is 6.02. The molecular weight excluding hydrogens is 252 g/mol. The molecule has 1 rings (SSSR count). The zero-order valence-electron chi connectivity index (χ0n) is 9.04. The van der Waals surface area contributed by atoms with E-state index in [9.17, 15) is 0 Å². The Kier molecular flexibility index (Phi) is 5.58. The van der Waals surface area contributed by atoms with Crippen LogP contribution in [0.2, 0.25) is 0 Å². The van der Waals surface area contributed by atoms with Crippen LogP contribution in [0.5, 0.6) is 0 Å². The van der Waals surface area contributed by atoms with Gasteiger partial charge in [0.05, 0.1) is 0 Å². The van der Waals surface area contributed by atoms with Gasteiger partial charge in [-0.2, -0.15) is 0 Å². The number of pyridine rings is 1. The normalized spacial score (nSPS) is 12.4. The molecule has 82 valence electrons. The minimum atomic E-state index is 0.326. The molecule has 0 aliphatic rings. The molecular formula is C12H17BrN2. The molecule has 0 saturated heterocycles. The van der Waals surface area contributed by atoms with Gasteiger partial charge in [0.2, 0.25) is 0 Å². The topological polar surface area (TPSA) is 24.9 Å². The molecule has 0 aromatic carbocycles. The largest absolute Gasteiger partial charge is 0.310 e. The van der Waals surface area contributed by atoms with Crippen molar-refractivity contribution in [2.75, 3.05) is 6.54 Å². The molecule has 1 heterocycles. The van der Waals surface area contributed by atoms with E-state index in [4.69, 9.17) is 0 Å². The van der Waals surface area contributed by atoms with Gasteiger partial charge in [0.25, 0.3) is 0 Å². The summed E-state index contributed by atoms with van der Waals surface area (Å²) in [4.78, 5) is 4.17. The van der Waals surface area contributed by atoms with Crippen molar-refractivity contribution in [3.63, 3.8) is 0 Å². The first-order valence-electron chi connectivity index (χ1n) is 5.22. The van der Waals surface area contributed by atoms with E-state index in [1.165, 1.54) is 5.56 Å². The molecule has 2 nitrogen and oxygen atoms in total. The lowest BCUT2D eigenvalue weighted by Crippen LogP contribution is -2.21. The summed E-state index contributed by atoms with van der Waals surface area (Å²) in [6, 6.07) is 2.43. The molecule has 0 radical (unpaired) electrons.